The molecule has 0 aliphatic heterocycles. The number of benzene rings is 1. The third-order valence-corrected chi connectivity index (χ3v) is 2.46. The van der Waals surface area contributed by atoms with Gasteiger partial charge in [-0.3, -0.25) is 0 Å². The standard InChI is InChI=1S/C10H12BrF/c1-2-4-9-8(7-11)5-3-6-10(9)12/h3,5-6H,2,4,7H2,1H3. The first-order chi connectivity index (χ1) is 5.79. The van der Waals surface area contributed by atoms with Crippen LogP contribution in [-0.4, -0.2) is 0 Å². The van der Waals surface area contributed by atoms with Crippen molar-refractivity contribution in [3.05, 3.63) is 35.1 Å². The van der Waals surface area contributed by atoms with Crippen LogP contribution in [0, 0.1) is 5.82 Å². The highest BCUT2D eigenvalue weighted by Crippen LogP contribution is 2.17. The molecule has 1 rings (SSSR count). The third kappa shape index (κ3) is 2.07. The quantitative estimate of drug-likeness (QED) is 0.696. The third-order valence-electron chi connectivity index (χ3n) is 1.86. The molecule has 0 aliphatic rings. The predicted molar refractivity (Wildman–Crippen MR) is 53.0 cm³/mol. The molecule has 0 unspecified atom stereocenters. The van der Waals surface area contributed by atoms with Crippen LogP contribution in [0.15, 0.2) is 18.2 Å². The molecule has 0 fully saturated rings. The van der Waals surface area contributed by atoms with Crippen molar-refractivity contribution in [1.82, 2.24) is 0 Å². The summed E-state index contributed by atoms with van der Waals surface area (Å²) < 4.78 is 13.2. The van der Waals surface area contributed by atoms with E-state index in [-0.39, 0.29) is 5.82 Å². The summed E-state index contributed by atoms with van der Waals surface area (Å²) in [6.07, 6.45) is 1.81. The van der Waals surface area contributed by atoms with Gasteiger partial charge in [-0.2, -0.15) is 0 Å². The molecule has 0 atom stereocenters. The Bertz CT molecular complexity index is 258. The van der Waals surface area contributed by atoms with E-state index in [1.54, 1.807) is 6.07 Å². The smallest absolute Gasteiger partial charge is 0.126 e. The Morgan fingerprint density at radius 3 is 2.75 bits per heavy atom. The lowest BCUT2D eigenvalue weighted by atomic mass is 10.0. The minimum atomic E-state index is -0.0752. The fraction of sp³-hybridized carbons (Fsp3) is 0.400. The lowest BCUT2D eigenvalue weighted by Gasteiger charge is -2.06. The second-order valence-electron chi connectivity index (χ2n) is 2.76. The van der Waals surface area contributed by atoms with Gasteiger partial charge >= 0.3 is 0 Å². The summed E-state index contributed by atoms with van der Waals surface area (Å²) in [4.78, 5) is 0. The summed E-state index contributed by atoms with van der Waals surface area (Å²) in [7, 11) is 0. The largest absolute Gasteiger partial charge is 0.207 e. The molecule has 1 aromatic carbocycles. The normalized spacial score (nSPS) is 10.2. The average molecular weight is 231 g/mol. The molecule has 0 saturated carbocycles. The van der Waals surface area contributed by atoms with E-state index in [1.807, 2.05) is 6.07 Å². The molecule has 0 spiro atoms. The van der Waals surface area contributed by atoms with E-state index in [1.165, 1.54) is 6.07 Å². The van der Waals surface area contributed by atoms with Crippen LogP contribution < -0.4 is 0 Å². The van der Waals surface area contributed by atoms with Crippen LogP contribution in [0.25, 0.3) is 0 Å². The van der Waals surface area contributed by atoms with E-state index in [0.717, 1.165) is 29.3 Å². The van der Waals surface area contributed by atoms with Gasteiger partial charge < -0.3 is 0 Å². The second kappa shape index (κ2) is 4.61. The topological polar surface area (TPSA) is 0 Å². The summed E-state index contributed by atoms with van der Waals surface area (Å²) in [5, 5.41) is 0.736. The van der Waals surface area contributed by atoms with E-state index in [0.29, 0.717) is 0 Å². The van der Waals surface area contributed by atoms with E-state index in [4.69, 9.17) is 0 Å². The molecule has 0 N–H and O–H groups in total. The first kappa shape index (κ1) is 9.72. The molecular weight excluding hydrogens is 219 g/mol. The second-order valence-corrected chi connectivity index (χ2v) is 3.32. The van der Waals surface area contributed by atoms with Crippen LogP contribution in [0.1, 0.15) is 24.5 Å². The summed E-state index contributed by atoms with van der Waals surface area (Å²) >= 11 is 3.35. The van der Waals surface area contributed by atoms with E-state index in [2.05, 4.69) is 22.9 Å². The highest BCUT2D eigenvalue weighted by Gasteiger charge is 2.05. The summed E-state index contributed by atoms with van der Waals surface area (Å²) in [6.45, 7) is 2.06. The summed E-state index contributed by atoms with van der Waals surface area (Å²) in [5.74, 6) is -0.0752. The van der Waals surface area contributed by atoms with Crippen molar-refractivity contribution >= 4 is 15.9 Å². The van der Waals surface area contributed by atoms with Gasteiger partial charge in [0.25, 0.3) is 0 Å². The number of rotatable bonds is 3. The zero-order chi connectivity index (χ0) is 8.97. The van der Waals surface area contributed by atoms with Gasteiger partial charge in [0, 0.05) is 5.33 Å². The Balaban J connectivity index is 3.02. The van der Waals surface area contributed by atoms with Gasteiger partial charge in [0.05, 0.1) is 0 Å². The van der Waals surface area contributed by atoms with Crippen LogP contribution in [0.4, 0.5) is 4.39 Å². The zero-order valence-electron chi connectivity index (χ0n) is 7.11. The number of alkyl halides is 1. The van der Waals surface area contributed by atoms with Crippen LogP contribution in [0.3, 0.4) is 0 Å². The molecule has 66 valence electrons. The van der Waals surface area contributed by atoms with Crippen LogP contribution in [0.2, 0.25) is 0 Å². The fourth-order valence-corrected chi connectivity index (χ4v) is 1.78. The maximum atomic E-state index is 13.2. The Labute approximate surface area is 80.9 Å². The van der Waals surface area contributed by atoms with Crippen molar-refractivity contribution in [2.45, 2.75) is 25.1 Å². The lowest BCUT2D eigenvalue weighted by molar-refractivity contribution is 0.605. The van der Waals surface area contributed by atoms with E-state index < -0.39 is 0 Å². The van der Waals surface area contributed by atoms with Crippen LogP contribution >= 0.6 is 15.9 Å². The number of hydrogen-bond donors (Lipinski definition) is 0. The fourth-order valence-electron chi connectivity index (χ4n) is 1.26. The highest BCUT2D eigenvalue weighted by atomic mass is 79.9. The Morgan fingerprint density at radius 1 is 1.42 bits per heavy atom. The number of halogens is 2. The molecule has 12 heavy (non-hydrogen) atoms. The van der Waals surface area contributed by atoms with Crippen molar-refractivity contribution in [3.63, 3.8) is 0 Å². The van der Waals surface area contributed by atoms with Crippen LogP contribution in [0.5, 0.6) is 0 Å². The highest BCUT2D eigenvalue weighted by molar-refractivity contribution is 9.08. The van der Waals surface area contributed by atoms with Crippen molar-refractivity contribution in [3.8, 4) is 0 Å². The van der Waals surface area contributed by atoms with E-state index >= 15 is 0 Å². The zero-order valence-corrected chi connectivity index (χ0v) is 8.70. The minimum absolute atomic E-state index is 0.0752. The van der Waals surface area contributed by atoms with Gasteiger partial charge in [-0.15, -0.1) is 0 Å². The van der Waals surface area contributed by atoms with Gasteiger partial charge in [-0.05, 0) is 23.6 Å². The van der Waals surface area contributed by atoms with Gasteiger partial charge in [0.1, 0.15) is 5.82 Å². The predicted octanol–water partition coefficient (Wildman–Crippen LogP) is 3.67. The number of hydrogen-bond acceptors (Lipinski definition) is 0. The first-order valence-electron chi connectivity index (χ1n) is 4.11. The summed E-state index contributed by atoms with van der Waals surface area (Å²) in [5.41, 5.74) is 1.92. The molecule has 0 saturated heterocycles. The average Bonchev–Trinajstić information content (AvgIpc) is 2.09. The van der Waals surface area contributed by atoms with Gasteiger partial charge in [0.2, 0.25) is 0 Å². The molecule has 0 heterocycles. The molecule has 0 nitrogen and oxygen atoms in total. The van der Waals surface area contributed by atoms with E-state index in [9.17, 15) is 4.39 Å². The maximum Gasteiger partial charge on any atom is 0.126 e. The monoisotopic (exact) mass is 230 g/mol. The van der Waals surface area contributed by atoms with Crippen molar-refractivity contribution in [2.75, 3.05) is 0 Å². The Kier molecular flexibility index (Phi) is 3.73. The minimum Gasteiger partial charge on any atom is -0.207 e. The summed E-state index contributed by atoms with van der Waals surface area (Å²) in [6, 6.07) is 5.24. The molecular formula is C10H12BrF. The van der Waals surface area contributed by atoms with Crippen molar-refractivity contribution in [2.24, 2.45) is 0 Å². The molecule has 0 radical (unpaired) electrons. The van der Waals surface area contributed by atoms with Crippen LogP contribution in [-0.2, 0) is 11.8 Å². The molecule has 0 aliphatic carbocycles. The Morgan fingerprint density at radius 2 is 2.17 bits per heavy atom. The molecule has 1 aromatic rings. The first-order valence-corrected chi connectivity index (χ1v) is 5.24. The molecule has 2 heteroatoms. The van der Waals surface area contributed by atoms with Crippen molar-refractivity contribution in [1.29, 1.82) is 0 Å². The van der Waals surface area contributed by atoms with Gasteiger partial charge in [0.15, 0.2) is 0 Å². The van der Waals surface area contributed by atoms with Gasteiger partial charge in [-0.1, -0.05) is 41.4 Å². The maximum absolute atomic E-state index is 13.2. The molecule has 0 aromatic heterocycles. The van der Waals surface area contributed by atoms with Crippen molar-refractivity contribution < 1.29 is 4.39 Å². The lowest BCUT2D eigenvalue weighted by Crippen LogP contribution is -1.95. The Hall–Kier alpha value is -0.370. The SMILES string of the molecule is CCCc1c(F)cccc1CBr. The molecule has 0 bridgehead atoms. The molecule has 0 amide bonds. The van der Waals surface area contributed by atoms with Gasteiger partial charge in [-0.25, -0.2) is 4.39 Å².